The number of amides is 1. The van der Waals surface area contributed by atoms with E-state index in [-0.39, 0.29) is 18.5 Å². The van der Waals surface area contributed by atoms with Crippen molar-refractivity contribution in [1.82, 2.24) is 5.32 Å². The van der Waals surface area contributed by atoms with E-state index < -0.39 is 12.1 Å². The van der Waals surface area contributed by atoms with Crippen LogP contribution in [0.3, 0.4) is 0 Å². The highest BCUT2D eigenvalue weighted by molar-refractivity contribution is 5.76. The molecule has 6 heteroatoms. The molecule has 0 aromatic carbocycles. The molecular formula is C77H147NO5. The van der Waals surface area contributed by atoms with Gasteiger partial charge in [0.25, 0.3) is 0 Å². The van der Waals surface area contributed by atoms with Crippen LogP contribution in [0.25, 0.3) is 0 Å². The molecular weight excluding hydrogens is 1020 g/mol. The van der Waals surface area contributed by atoms with Gasteiger partial charge in [0, 0.05) is 12.8 Å². The Morgan fingerprint density at radius 2 is 0.602 bits per heavy atom. The third kappa shape index (κ3) is 69.1. The summed E-state index contributed by atoms with van der Waals surface area (Å²) in [5, 5.41) is 23.5. The summed E-state index contributed by atoms with van der Waals surface area (Å²) in [5.41, 5.74) is 0. The molecule has 1 amide bonds. The Morgan fingerprint density at radius 1 is 0.337 bits per heavy atom. The summed E-state index contributed by atoms with van der Waals surface area (Å²) in [7, 11) is 0. The monoisotopic (exact) mass is 1170 g/mol. The van der Waals surface area contributed by atoms with Gasteiger partial charge >= 0.3 is 5.97 Å². The molecule has 0 aliphatic rings. The minimum atomic E-state index is -0.668. The number of unbranched alkanes of at least 4 members (excludes halogenated alkanes) is 54. The Kier molecular flexibility index (Phi) is 70.9. The van der Waals surface area contributed by atoms with Crippen LogP contribution >= 0.6 is 0 Å². The Balaban J connectivity index is 3.39. The smallest absolute Gasteiger partial charge is 0.305 e. The molecule has 2 atom stereocenters. The first-order valence-corrected chi connectivity index (χ1v) is 37.7. The van der Waals surface area contributed by atoms with E-state index in [0.29, 0.717) is 25.9 Å². The van der Waals surface area contributed by atoms with Crippen LogP contribution in [0, 0.1) is 0 Å². The van der Waals surface area contributed by atoms with Crippen LogP contribution in [-0.4, -0.2) is 47.4 Å². The maximum Gasteiger partial charge on any atom is 0.305 e. The third-order valence-electron chi connectivity index (χ3n) is 17.7. The minimum Gasteiger partial charge on any atom is -0.466 e. The van der Waals surface area contributed by atoms with Crippen molar-refractivity contribution in [3.63, 3.8) is 0 Å². The largest absolute Gasteiger partial charge is 0.466 e. The molecule has 0 bridgehead atoms. The molecule has 0 saturated carbocycles. The Morgan fingerprint density at radius 3 is 0.952 bits per heavy atom. The van der Waals surface area contributed by atoms with Crippen LogP contribution in [0.2, 0.25) is 0 Å². The Labute approximate surface area is 519 Å². The van der Waals surface area contributed by atoms with Gasteiger partial charge < -0.3 is 20.3 Å². The van der Waals surface area contributed by atoms with E-state index >= 15 is 0 Å². The number of nitrogens with one attached hydrogen (secondary N) is 1. The lowest BCUT2D eigenvalue weighted by Crippen LogP contribution is -2.45. The second-order valence-electron chi connectivity index (χ2n) is 26.0. The summed E-state index contributed by atoms with van der Waals surface area (Å²) in [6.07, 6.45) is 93.5. The average Bonchev–Trinajstić information content (AvgIpc) is 3.48. The van der Waals surface area contributed by atoms with E-state index in [1.807, 2.05) is 0 Å². The minimum absolute atomic E-state index is 0.00653. The van der Waals surface area contributed by atoms with Crippen molar-refractivity contribution in [3.8, 4) is 0 Å². The number of aliphatic hydroxyl groups is 2. The maximum atomic E-state index is 12.6. The summed E-state index contributed by atoms with van der Waals surface area (Å²) >= 11 is 0. The van der Waals surface area contributed by atoms with Gasteiger partial charge in [-0.3, -0.25) is 9.59 Å². The van der Waals surface area contributed by atoms with Gasteiger partial charge in [-0.05, 0) is 83.5 Å². The maximum absolute atomic E-state index is 12.6. The predicted octanol–water partition coefficient (Wildman–Crippen LogP) is 24.7. The van der Waals surface area contributed by atoms with Crippen LogP contribution in [0.4, 0.5) is 0 Å². The SMILES string of the molecule is CCCCC/C=C\C/C=C\CCCCCCCCCC(=O)OCCCCCCCCCCCCCC/C=C\CCCCCCCCCCCC(=O)NC(CO)C(O)CCCCCCCCCCCCCCCCCCCCCCCCCC. The second kappa shape index (κ2) is 72.6. The summed E-state index contributed by atoms with van der Waals surface area (Å²) in [4.78, 5) is 24.7. The zero-order valence-corrected chi connectivity index (χ0v) is 56.2. The second-order valence-corrected chi connectivity index (χ2v) is 26.0. The van der Waals surface area contributed by atoms with Crippen LogP contribution in [0.1, 0.15) is 418 Å². The molecule has 0 radical (unpaired) electrons. The number of hydrogen-bond donors (Lipinski definition) is 3. The lowest BCUT2D eigenvalue weighted by molar-refractivity contribution is -0.143. The summed E-state index contributed by atoms with van der Waals surface area (Å²) < 4.78 is 5.50. The Hall–Kier alpha value is -1.92. The molecule has 2 unspecified atom stereocenters. The highest BCUT2D eigenvalue weighted by atomic mass is 16.5. The van der Waals surface area contributed by atoms with Gasteiger partial charge in [0.05, 0.1) is 25.4 Å². The van der Waals surface area contributed by atoms with Crippen LogP contribution in [0.5, 0.6) is 0 Å². The third-order valence-corrected chi connectivity index (χ3v) is 17.7. The van der Waals surface area contributed by atoms with Gasteiger partial charge in [0.15, 0.2) is 0 Å². The molecule has 6 nitrogen and oxygen atoms in total. The fourth-order valence-electron chi connectivity index (χ4n) is 11.9. The molecule has 83 heavy (non-hydrogen) atoms. The summed E-state index contributed by atoms with van der Waals surface area (Å²) in [6, 6.07) is -0.546. The fraction of sp³-hybridized carbons (Fsp3) is 0.896. The summed E-state index contributed by atoms with van der Waals surface area (Å²) in [6.45, 7) is 4.96. The van der Waals surface area contributed by atoms with Crippen LogP contribution in [0.15, 0.2) is 36.5 Å². The molecule has 0 fully saturated rings. The molecule has 0 heterocycles. The van der Waals surface area contributed by atoms with Crippen molar-refractivity contribution >= 4 is 11.9 Å². The molecule has 0 aliphatic heterocycles. The van der Waals surface area contributed by atoms with Crippen molar-refractivity contribution in [2.24, 2.45) is 0 Å². The zero-order chi connectivity index (χ0) is 59.9. The average molecular weight is 1170 g/mol. The van der Waals surface area contributed by atoms with Gasteiger partial charge in [-0.1, -0.05) is 359 Å². The molecule has 0 saturated heterocycles. The number of hydrogen-bond acceptors (Lipinski definition) is 5. The first-order valence-electron chi connectivity index (χ1n) is 37.7. The number of ether oxygens (including phenoxy) is 1. The van der Waals surface area contributed by atoms with E-state index in [1.54, 1.807) is 0 Å². The molecule has 0 aliphatic carbocycles. The van der Waals surface area contributed by atoms with Crippen molar-refractivity contribution in [2.45, 2.75) is 431 Å². The van der Waals surface area contributed by atoms with E-state index in [2.05, 4.69) is 55.6 Å². The molecule has 0 spiro atoms. The van der Waals surface area contributed by atoms with Crippen molar-refractivity contribution < 1.29 is 24.5 Å². The predicted molar refractivity (Wildman–Crippen MR) is 366 cm³/mol. The van der Waals surface area contributed by atoms with Crippen LogP contribution < -0.4 is 5.32 Å². The zero-order valence-electron chi connectivity index (χ0n) is 56.2. The van der Waals surface area contributed by atoms with Crippen LogP contribution in [-0.2, 0) is 14.3 Å². The highest BCUT2D eigenvalue weighted by Crippen LogP contribution is 2.19. The topological polar surface area (TPSA) is 95.9 Å². The van der Waals surface area contributed by atoms with Gasteiger partial charge in [0.1, 0.15) is 0 Å². The first-order chi connectivity index (χ1) is 41.0. The standard InChI is InChI=1S/C77H147NO5/c1-3-5-7-9-11-13-15-17-19-21-22-23-24-28-31-34-38-41-45-49-53-57-61-65-69-75(80)74(73-79)78-76(81)70-66-62-58-54-50-46-42-39-35-32-29-26-25-27-30-33-36-40-44-48-52-56-60-64-68-72-83-77(82)71-67-63-59-55-51-47-43-37-20-18-16-14-12-10-8-6-4-2/h12,14,18,20,26,29,74-75,79-80H,3-11,13,15-17,19,21-25,27-28,30-73H2,1-2H3,(H,78,81)/b14-12-,20-18-,29-26-. The van der Waals surface area contributed by atoms with E-state index in [9.17, 15) is 19.8 Å². The van der Waals surface area contributed by atoms with Gasteiger partial charge in [-0.2, -0.15) is 0 Å². The number of carbonyl (C=O) groups is 2. The number of allylic oxidation sites excluding steroid dienone is 6. The van der Waals surface area contributed by atoms with E-state index in [1.165, 1.54) is 334 Å². The van der Waals surface area contributed by atoms with E-state index in [0.717, 1.165) is 51.4 Å². The molecule has 0 aromatic heterocycles. The lowest BCUT2D eigenvalue weighted by atomic mass is 10.0. The van der Waals surface area contributed by atoms with Crippen molar-refractivity contribution in [1.29, 1.82) is 0 Å². The molecule has 3 N–H and O–H groups in total. The van der Waals surface area contributed by atoms with Gasteiger partial charge in [-0.15, -0.1) is 0 Å². The fourth-order valence-corrected chi connectivity index (χ4v) is 11.9. The molecule has 0 aromatic rings. The van der Waals surface area contributed by atoms with Crippen molar-refractivity contribution in [3.05, 3.63) is 36.5 Å². The molecule has 0 rings (SSSR count). The Bertz CT molecular complexity index is 1340. The first kappa shape index (κ1) is 81.1. The van der Waals surface area contributed by atoms with E-state index in [4.69, 9.17) is 4.74 Å². The summed E-state index contributed by atoms with van der Waals surface area (Å²) in [5.74, 6) is -0.0268. The number of aliphatic hydroxyl groups excluding tert-OH is 2. The van der Waals surface area contributed by atoms with Crippen molar-refractivity contribution in [2.75, 3.05) is 13.2 Å². The number of esters is 1. The normalized spacial score (nSPS) is 12.7. The highest BCUT2D eigenvalue weighted by Gasteiger charge is 2.20. The quantitative estimate of drug-likeness (QED) is 0.0320. The lowest BCUT2D eigenvalue weighted by Gasteiger charge is -2.22. The van der Waals surface area contributed by atoms with Gasteiger partial charge in [-0.25, -0.2) is 0 Å². The number of rotatable bonds is 71. The molecule has 490 valence electrons. The number of carbonyl (C=O) groups excluding carboxylic acids is 2. The van der Waals surface area contributed by atoms with Gasteiger partial charge in [0.2, 0.25) is 5.91 Å².